The summed E-state index contributed by atoms with van der Waals surface area (Å²) in [4.78, 5) is 23.2. The highest BCUT2D eigenvalue weighted by molar-refractivity contribution is 6.07. The summed E-state index contributed by atoms with van der Waals surface area (Å²) in [6.07, 6.45) is 0. The zero-order chi connectivity index (χ0) is 14.7. The largest absolute Gasteiger partial charge is 0.496 e. The smallest absolute Gasteiger partial charge is 0.336 e. The summed E-state index contributed by atoms with van der Waals surface area (Å²) in [5.74, 6) is -0.730. The molecule has 0 radical (unpaired) electrons. The van der Waals surface area contributed by atoms with Crippen LogP contribution in [-0.4, -0.2) is 24.0 Å². The first-order valence-corrected chi connectivity index (χ1v) is 6.07. The van der Waals surface area contributed by atoms with E-state index < -0.39 is 5.97 Å². The second-order valence-corrected chi connectivity index (χ2v) is 4.29. The van der Waals surface area contributed by atoms with Crippen LogP contribution in [0.25, 0.3) is 11.1 Å². The van der Waals surface area contributed by atoms with Crippen molar-refractivity contribution < 1.29 is 19.4 Å². The highest BCUT2D eigenvalue weighted by atomic mass is 16.5. The Kier molecular flexibility index (Phi) is 3.84. The maximum Gasteiger partial charge on any atom is 0.336 e. The summed E-state index contributed by atoms with van der Waals surface area (Å²) in [5, 5.41) is 9.34. The quantitative estimate of drug-likeness (QED) is 0.866. The predicted molar refractivity (Wildman–Crippen MR) is 75.4 cm³/mol. The van der Waals surface area contributed by atoms with Crippen LogP contribution in [0.2, 0.25) is 0 Å². The molecule has 0 saturated carbocycles. The normalized spacial score (nSPS) is 10.1. The number of Topliss-reactive ketones (excluding diaryl/α,β-unsaturated/α-hetero) is 1. The standard InChI is InChI=1S/C16H14O4/c1-10(17)11-7-5-8-13(16(18)19)15(11)12-6-3-4-9-14(12)20-2/h3-9H,1-2H3,(H,18,19). The third kappa shape index (κ3) is 2.40. The zero-order valence-corrected chi connectivity index (χ0v) is 11.2. The Hall–Kier alpha value is -2.62. The lowest BCUT2D eigenvalue weighted by Gasteiger charge is -2.14. The molecule has 102 valence electrons. The number of hydrogen-bond acceptors (Lipinski definition) is 3. The molecule has 2 rings (SSSR count). The molecule has 2 aromatic carbocycles. The van der Waals surface area contributed by atoms with E-state index in [1.54, 1.807) is 36.4 Å². The van der Waals surface area contributed by atoms with E-state index in [1.165, 1.54) is 20.1 Å². The first kappa shape index (κ1) is 13.8. The topological polar surface area (TPSA) is 63.6 Å². The number of carboxylic acids is 1. The molecular formula is C16H14O4. The second kappa shape index (κ2) is 5.57. The maximum atomic E-state index is 11.8. The van der Waals surface area contributed by atoms with Gasteiger partial charge >= 0.3 is 5.97 Å². The van der Waals surface area contributed by atoms with E-state index in [1.807, 2.05) is 0 Å². The van der Waals surface area contributed by atoms with Crippen LogP contribution in [0, 0.1) is 0 Å². The fraction of sp³-hybridized carbons (Fsp3) is 0.125. The van der Waals surface area contributed by atoms with Gasteiger partial charge in [0, 0.05) is 16.7 Å². The third-order valence-electron chi connectivity index (χ3n) is 3.05. The van der Waals surface area contributed by atoms with E-state index in [9.17, 15) is 14.7 Å². The van der Waals surface area contributed by atoms with Gasteiger partial charge in [0.1, 0.15) is 5.75 Å². The van der Waals surface area contributed by atoms with Crippen molar-refractivity contribution in [3.63, 3.8) is 0 Å². The zero-order valence-electron chi connectivity index (χ0n) is 11.2. The van der Waals surface area contributed by atoms with E-state index in [0.29, 0.717) is 22.4 Å². The van der Waals surface area contributed by atoms with Gasteiger partial charge in [0.05, 0.1) is 12.7 Å². The monoisotopic (exact) mass is 270 g/mol. The van der Waals surface area contributed by atoms with Crippen molar-refractivity contribution in [2.24, 2.45) is 0 Å². The summed E-state index contributed by atoms with van der Waals surface area (Å²) in [5.41, 5.74) is 1.44. The molecule has 1 N–H and O–H groups in total. The van der Waals surface area contributed by atoms with Crippen molar-refractivity contribution in [3.8, 4) is 16.9 Å². The highest BCUT2D eigenvalue weighted by Crippen LogP contribution is 2.35. The molecular weight excluding hydrogens is 256 g/mol. The molecule has 0 heterocycles. The van der Waals surface area contributed by atoms with Crippen molar-refractivity contribution in [2.45, 2.75) is 6.92 Å². The van der Waals surface area contributed by atoms with Gasteiger partial charge in [0.15, 0.2) is 5.78 Å². The van der Waals surface area contributed by atoms with Crippen molar-refractivity contribution in [2.75, 3.05) is 7.11 Å². The highest BCUT2D eigenvalue weighted by Gasteiger charge is 2.20. The lowest BCUT2D eigenvalue weighted by atomic mass is 9.92. The number of para-hydroxylation sites is 1. The summed E-state index contributed by atoms with van der Waals surface area (Å²) in [7, 11) is 1.51. The van der Waals surface area contributed by atoms with Crippen molar-refractivity contribution in [3.05, 3.63) is 53.6 Å². The van der Waals surface area contributed by atoms with Gasteiger partial charge in [-0.3, -0.25) is 4.79 Å². The summed E-state index contributed by atoms with van der Waals surface area (Å²) in [6.45, 7) is 1.42. The molecule has 0 bridgehead atoms. The van der Waals surface area contributed by atoms with Gasteiger partial charge < -0.3 is 9.84 Å². The van der Waals surface area contributed by atoms with Crippen LogP contribution in [0.5, 0.6) is 5.75 Å². The van der Waals surface area contributed by atoms with Gasteiger partial charge in [-0.2, -0.15) is 0 Å². The van der Waals surface area contributed by atoms with Crippen LogP contribution in [0.1, 0.15) is 27.6 Å². The summed E-state index contributed by atoms with van der Waals surface area (Å²) >= 11 is 0. The van der Waals surface area contributed by atoms with E-state index in [4.69, 9.17) is 4.74 Å². The van der Waals surface area contributed by atoms with Gasteiger partial charge in [-0.1, -0.05) is 30.3 Å². The molecule has 4 nitrogen and oxygen atoms in total. The number of hydrogen-bond donors (Lipinski definition) is 1. The molecule has 0 amide bonds. The minimum Gasteiger partial charge on any atom is -0.496 e. The SMILES string of the molecule is COc1ccccc1-c1c(C(C)=O)cccc1C(=O)O. The van der Waals surface area contributed by atoms with Crippen molar-refractivity contribution in [1.29, 1.82) is 0 Å². The Morgan fingerprint density at radius 2 is 1.65 bits per heavy atom. The Morgan fingerprint density at radius 1 is 1.00 bits per heavy atom. The van der Waals surface area contributed by atoms with Crippen LogP contribution in [0.15, 0.2) is 42.5 Å². The van der Waals surface area contributed by atoms with E-state index in [2.05, 4.69) is 0 Å². The van der Waals surface area contributed by atoms with Gasteiger partial charge in [-0.15, -0.1) is 0 Å². The first-order valence-electron chi connectivity index (χ1n) is 6.07. The Balaban J connectivity index is 2.83. The Labute approximate surface area is 116 Å². The lowest BCUT2D eigenvalue weighted by molar-refractivity contribution is 0.0697. The van der Waals surface area contributed by atoms with Crippen LogP contribution in [0.3, 0.4) is 0 Å². The number of carbonyl (C=O) groups is 2. The minimum atomic E-state index is -1.07. The average Bonchev–Trinajstić information content (AvgIpc) is 2.46. The number of ether oxygens (including phenoxy) is 1. The van der Waals surface area contributed by atoms with Gasteiger partial charge in [0.2, 0.25) is 0 Å². The number of methoxy groups -OCH3 is 1. The molecule has 0 fully saturated rings. The predicted octanol–water partition coefficient (Wildman–Crippen LogP) is 3.26. The van der Waals surface area contributed by atoms with Gasteiger partial charge in [0.25, 0.3) is 0 Å². The van der Waals surface area contributed by atoms with Crippen LogP contribution >= 0.6 is 0 Å². The van der Waals surface area contributed by atoms with E-state index >= 15 is 0 Å². The molecule has 0 saturated heterocycles. The lowest BCUT2D eigenvalue weighted by Crippen LogP contribution is -2.06. The average molecular weight is 270 g/mol. The van der Waals surface area contributed by atoms with Gasteiger partial charge in [-0.05, 0) is 19.1 Å². The number of rotatable bonds is 4. The second-order valence-electron chi connectivity index (χ2n) is 4.29. The Morgan fingerprint density at radius 3 is 2.25 bits per heavy atom. The van der Waals surface area contributed by atoms with Gasteiger partial charge in [-0.25, -0.2) is 4.79 Å². The molecule has 0 aliphatic rings. The number of benzene rings is 2. The van der Waals surface area contributed by atoms with Crippen LogP contribution in [-0.2, 0) is 0 Å². The van der Waals surface area contributed by atoms with E-state index in [0.717, 1.165) is 0 Å². The van der Waals surface area contributed by atoms with Crippen LogP contribution < -0.4 is 4.74 Å². The molecule has 0 unspecified atom stereocenters. The number of aromatic carboxylic acids is 1. The summed E-state index contributed by atoms with van der Waals surface area (Å²) in [6, 6.07) is 11.7. The maximum absolute atomic E-state index is 11.8. The molecule has 4 heteroatoms. The van der Waals surface area contributed by atoms with Crippen LogP contribution in [0.4, 0.5) is 0 Å². The number of carbonyl (C=O) groups excluding carboxylic acids is 1. The molecule has 0 spiro atoms. The molecule has 0 aromatic heterocycles. The fourth-order valence-corrected chi connectivity index (χ4v) is 2.17. The number of ketones is 1. The summed E-state index contributed by atoms with van der Waals surface area (Å²) < 4.78 is 5.26. The van der Waals surface area contributed by atoms with E-state index in [-0.39, 0.29) is 11.3 Å². The molecule has 0 aliphatic heterocycles. The van der Waals surface area contributed by atoms with Crippen molar-refractivity contribution in [1.82, 2.24) is 0 Å². The molecule has 0 atom stereocenters. The Bertz CT molecular complexity index is 642. The molecule has 0 aliphatic carbocycles. The minimum absolute atomic E-state index is 0.0854. The van der Waals surface area contributed by atoms with Crippen molar-refractivity contribution >= 4 is 11.8 Å². The first-order chi connectivity index (χ1) is 9.56. The molecule has 20 heavy (non-hydrogen) atoms. The third-order valence-corrected chi connectivity index (χ3v) is 3.05. The molecule has 2 aromatic rings. The fourth-order valence-electron chi connectivity index (χ4n) is 2.17. The number of carboxylic acid groups (broad SMARTS) is 1.